The van der Waals surface area contributed by atoms with Gasteiger partial charge in [0.2, 0.25) is 0 Å². The Bertz CT molecular complexity index is 238. The second-order valence-corrected chi connectivity index (χ2v) is 4.43. The number of rotatable bonds is 6. The van der Waals surface area contributed by atoms with E-state index in [1.807, 2.05) is 0 Å². The minimum atomic E-state index is -0.675. The molecule has 3 nitrogen and oxygen atoms in total. The van der Waals surface area contributed by atoms with Crippen molar-refractivity contribution in [3.8, 4) is 0 Å². The fourth-order valence-electron chi connectivity index (χ4n) is 2.05. The topological polar surface area (TPSA) is 40.5 Å². The van der Waals surface area contributed by atoms with Crippen molar-refractivity contribution in [1.29, 1.82) is 0 Å². The summed E-state index contributed by atoms with van der Waals surface area (Å²) in [6.45, 7) is 9.26. The second kappa shape index (κ2) is 5.91. The second-order valence-electron chi connectivity index (χ2n) is 4.43. The van der Waals surface area contributed by atoms with E-state index in [0.717, 1.165) is 38.9 Å². The van der Waals surface area contributed by atoms with E-state index in [4.69, 9.17) is 5.11 Å². The quantitative estimate of drug-likeness (QED) is 0.684. The summed E-state index contributed by atoms with van der Waals surface area (Å²) in [5, 5.41) is 8.60. The molecule has 3 heteroatoms. The van der Waals surface area contributed by atoms with Gasteiger partial charge in [-0.15, -0.1) is 0 Å². The molecule has 15 heavy (non-hydrogen) atoms. The molecule has 0 radical (unpaired) electrons. The van der Waals surface area contributed by atoms with Gasteiger partial charge in [-0.05, 0) is 31.7 Å². The van der Waals surface area contributed by atoms with E-state index < -0.39 is 5.97 Å². The van der Waals surface area contributed by atoms with Crippen molar-refractivity contribution in [1.82, 2.24) is 4.90 Å². The van der Waals surface area contributed by atoms with Crippen LogP contribution in [-0.2, 0) is 4.79 Å². The Morgan fingerprint density at radius 3 is 2.93 bits per heavy atom. The zero-order valence-corrected chi connectivity index (χ0v) is 9.54. The minimum absolute atomic E-state index is 0.313. The van der Waals surface area contributed by atoms with Gasteiger partial charge >= 0.3 is 5.97 Å². The highest BCUT2D eigenvalue weighted by Crippen LogP contribution is 2.21. The Kier molecular flexibility index (Phi) is 4.82. The fraction of sp³-hybridized carbons (Fsp3) is 0.750. The highest BCUT2D eigenvalue weighted by atomic mass is 16.4. The van der Waals surface area contributed by atoms with Gasteiger partial charge in [-0.25, -0.2) is 0 Å². The molecule has 0 amide bonds. The van der Waals surface area contributed by atoms with Crippen molar-refractivity contribution in [3.63, 3.8) is 0 Å². The minimum Gasteiger partial charge on any atom is -0.481 e. The molecule has 0 aliphatic carbocycles. The highest BCUT2D eigenvalue weighted by molar-refractivity contribution is 5.66. The first kappa shape index (κ1) is 12.2. The number of nitrogens with zero attached hydrogens (tertiary/aromatic N) is 1. The van der Waals surface area contributed by atoms with Gasteiger partial charge < -0.3 is 5.11 Å². The molecule has 86 valence electrons. The molecule has 1 heterocycles. The van der Waals surface area contributed by atoms with Gasteiger partial charge in [0.1, 0.15) is 0 Å². The van der Waals surface area contributed by atoms with E-state index >= 15 is 0 Å². The van der Waals surface area contributed by atoms with Crippen molar-refractivity contribution in [2.75, 3.05) is 19.6 Å². The lowest BCUT2D eigenvalue weighted by Gasteiger charge is -2.16. The van der Waals surface area contributed by atoms with E-state index in [1.54, 1.807) is 0 Å². The van der Waals surface area contributed by atoms with Crippen LogP contribution in [0.1, 0.15) is 32.6 Å². The molecular weight excluding hydrogens is 190 g/mol. The van der Waals surface area contributed by atoms with Gasteiger partial charge in [0, 0.05) is 19.5 Å². The number of aliphatic carboxylic acids is 1. The third kappa shape index (κ3) is 4.47. The lowest BCUT2D eigenvalue weighted by Crippen LogP contribution is -2.23. The molecule has 1 rings (SSSR count). The van der Waals surface area contributed by atoms with Gasteiger partial charge in [-0.1, -0.05) is 19.1 Å². The Morgan fingerprint density at radius 1 is 1.60 bits per heavy atom. The van der Waals surface area contributed by atoms with Gasteiger partial charge in [0.15, 0.2) is 0 Å². The molecule has 0 aromatic heterocycles. The molecule has 1 unspecified atom stereocenters. The van der Waals surface area contributed by atoms with Crippen molar-refractivity contribution in [2.24, 2.45) is 5.92 Å². The molecule has 0 spiro atoms. The van der Waals surface area contributed by atoms with Crippen LogP contribution in [0.5, 0.6) is 0 Å². The molecule has 1 aliphatic heterocycles. The molecule has 0 aromatic carbocycles. The van der Waals surface area contributed by atoms with Crippen LogP contribution in [-0.4, -0.2) is 35.6 Å². The predicted molar refractivity (Wildman–Crippen MR) is 60.8 cm³/mol. The van der Waals surface area contributed by atoms with Crippen molar-refractivity contribution in [2.45, 2.75) is 32.6 Å². The number of likely N-dealkylation sites (tertiary alicyclic amines) is 1. The Morgan fingerprint density at radius 2 is 2.33 bits per heavy atom. The summed E-state index contributed by atoms with van der Waals surface area (Å²) >= 11 is 0. The summed E-state index contributed by atoms with van der Waals surface area (Å²) < 4.78 is 0. The lowest BCUT2D eigenvalue weighted by atomic mass is 10.0. The summed E-state index contributed by atoms with van der Waals surface area (Å²) in [6.07, 6.45) is 3.32. The maximum atomic E-state index is 10.4. The van der Waals surface area contributed by atoms with Crippen LogP contribution in [0.25, 0.3) is 0 Å². The van der Waals surface area contributed by atoms with E-state index in [-0.39, 0.29) is 0 Å². The first-order valence-corrected chi connectivity index (χ1v) is 5.72. The summed E-state index contributed by atoms with van der Waals surface area (Å²) in [4.78, 5) is 12.8. The van der Waals surface area contributed by atoms with E-state index in [0.29, 0.717) is 12.3 Å². The van der Waals surface area contributed by atoms with Gasteiger partial charge in [0.25, 0.3) is 0 Å². The molecule has 1 fully saturated rings. The lowest BCUT2D eigenvalue weighted by molar-refractivity contribution is -0.137. The largest absolute Gasteiger partial charge is 0.481 e. The number of hydrogen-bond acceptors (Lipinski definition) is 2. The van der Waals surface area contributed by atoms with Crippen molar-refractivity contribution in [3.05, 3.63) is 12.2 Å². The zero-order valence-electron chi connectivity index (χ0n) is 9.54. The molecule has 0 bridgehead atoms. The maximum Gasteiger partial charge on any atom is 0.303 e. The first-order chi connectivity index (χ1) is 7.11. The number of carboxylic acid groups (broad SMARTS) is 1. The zero-order chi connectivity index (χ0) is 11.3. The molecule has 1 saturated heterocycles. The van der Waals surface area contributed by atoms with Crippen LogP contribution >= 0.6 is 0 Å². The number of hydrogen-bond donors (Lipinski definition) is 1. The SMILES string of the molecule is C=C(CC)CN1CCC(CCC(=O)O)C1. The van der Waals surface area contributed by atoms with E-state index in [9.17, 15) is 4.79 Å². The van der Waals surface area contributed by atoms with E-state index in [2.05, 4.69) is 18.4 Å². The Balaban J connectivity index is 2.20. The molecule has 0 saturated carbocycles. The summed E-state index contributed by atoms with van der Waals surface area (Å²) in [6, 6.07) is 0. The highest BCUT2D eigenvalue weighted by Gasteiger charge is 2.22. The average Bonchev–Trinajstić information content (AvgIpc) is 2.62. The van der Waals surface area contributed by atoms with E-state index in [1.165, 1.54) is 5.57 Å². The fourth-order valence-corrected chi connectivity index (χ4v) is 2.05. The third-order valence-electron chi connectivity index (χ3n) is 3.08. The number of carbonyl (C=O) groups is 1. The third-order valence-corrected chi connectivity index (χ3v) is 3.08. The monoisotopic (exact) mass is 211 g/mol. The maximum absolute atomic E-state index is 10.4. The summed E-state index contributed by atoms with van der Waals surface area (Å²) in [5.74, 6) is -0.0998. The standard InChI is InChI=1S/C12H21NO2/c1-3-10(2)8-13-7-6-11(9-13)4-5-12(14)15/h11H,2-9H2,1H3,(H,14,15). The van der Waals surface area contributed by atoms with Crippen LogP contribution in [0.4, 0.5) is 0 Å². The van der Waals surface area contributed by atoms with Crippen molar-refractivity contribution >= 4 is 5.97 Å². The smallest absolute Gasteiger partial charge is 0.303 e. The summed E-state index contributed by atoms with van der Waals surface area (Å²) in [7, 11) is 0. The Hall–Kier alpha value is -0.830. The molecule has 0 aromatic rings. The average molecular weight is 211 g/mol. The van der Waals surface area contributed by atoms with Crippen LogP contribution in [0.3, 0.4) is 0 Å². The van der Waals surface area contributed by atoms with Crippen LogP contribution < -0.4 is 0 Å². The first-order valence-electron chi connectivity index (χ1n) is 5.72. The van der Waals surface area contributed by atoms with Crippen molar-refractivity contribution < 1.29 is 9.90 Å². The van der Waals surface area contributed by atoms with Crippen LogP contribution in [0.15, 0.2) is 12.2 Å². The van der Waals surface area contributed by atoms with Gasteiger partial charge in [-0.3, -0.25) is 9.69 Å². The molecular formula is C12H21NO2. The Labute approximate surface area is 91.8 Å². The normalized spacial score (nSPS) is 21.8. The van der Waals surface area contributed by atoms with Gasteiger partial charge in [-0.2, -0.15) is 0 Å². The summed E-state index contributed by atoms with van der Waals surface area (Å²) in [5.41, 5.74) is 1.27. The predicted octanol–water partition coefficient (Wildman–Crippen LogP) is 2.14. The number of carboxylic acids is 1. The molecule has 1 aliphatic rings. The molecule has 1 N–H and O–H groups in total. The van der Waals surface area contributed by atoms with Crippen LogP contribution in [0, 0.1) is 5.92 Å². The van der Waals surface area contributed by atoms with Crippen LogP contribution in [0.2, 0.25) is 0 Å². The molecule has 1 atom stereocenters. The van der Waals surface area contributed by atoms with Gasteiger partial charge in [0.05, 0.1) is 0 Å².